The summed E-state index contributed by atoms with van der Waals surface area (Å²) in [7, 11) is 0. The Balaban J connectivity index is 2.71. The normalized spacial score (nSPS) is 11.2. The number of rotatable bonds is 5. The molecule has 0 radical (unpaired) electrons. The van der Waals surface area contributed by atoms with Crippen molar-refractivity contribution in [2.24, 2.45) is 0 Å². The molecule has 0 aliphatic heterocycles. The third-order valence-corrected chi connectivity index (χ3v) is 2.16. The minimum atomic E-state index is -0.304. The highest BCUT2D eigenvalue weighted by Crippen LogP contribution is 2.09. The van der Waals surface area contributed by atoms with Crippen molar-refractivity contribution in [2.45, 2.75) is 20.3 Å². The van der Waals surface area contributed by atoms with Crippen molar-refractivity contribution in [2.75, 3.05) is 6.61 Å². The number of ether oxygens (including phenoxy) is 1. The number of carbonyl (C=O) groups excluding carboxylic acids is 1. The number of hydrogen-bond donors (Lipinski definition) is 0. The molecule has 17 heavy (non-hydrogen) atoms. The number of hydrogen-bond acceptors (Lipinski definition) is 2. The number of carbonyl (C=O) groups is 1. The summed E-state index contributed by atoms with van der Waals surface area (Å²) in [5, 5.41) is 0. The second-order valence-electron chi connectivity index (χ2n) is 3.57. The smallest absolute Gasteiger partial charge is 0.330 e. The summed E-state index contributed by atoms with van der Waals surface area (Å²) < 4.78 is 4.82. The highest BCUT2D eigenvalue weighted by Gasteiger charge is 1.94. The van der Waals surface area contributed by atoms with Gasteiger partial charge in [-0.2, -0.15) is 0 Å². The molecule has 0 aromatic heterocycles. The van der Waals surface area contributed by atoms with Crippen LogP contribution in [0.2, 0.25) is 0 Å². The molecule has 0 heterocycles. The molecule has 0 spiro atoms. The third-order valence-electron chi connectivity index (χ3n) is 2.16. The Kier molecular flexibility index (Phi) is 5.80. The molecule has 0 bridgehead atoms. The van der Waals surface area contributed by atoms with Gasteiger partial charge in [0.05, 0.1) is 6.61 Å². The van der Waals surface area contributed by atoms with Gasteiger partial charge in [0, 0.05) is 6.08 Å². The Labute approximate surface area is 103 Å². The fourth-order valence-electron chi connectivity index (χ4n) is 1.37. The molecule has 1 rings (SSSR count). The van der Waals surface area contributed by atoms with E-state index in [-0.39, 0.29) is 5.97 Å². The molecule has 1 aromatic rings. The second kappa shape index (κ2) is 7.44. The van der Waals surface area contributed by atoms with E-state index >= 15 is 0 Å². The Hall–Kier alpha value is -1.83. The highest BCUT2D eigenvalue weighted by molar-refractivity contribution is 5.87. The monoisotopic (exact) mass is 230 g/mol. The zero-order chi connectivity index (χ0) is 12.5. The quantitative estimate of drug-likeness (QED) is 0.569. The third kappa shape index (κ3) is 5.16. The number of benzene rings is 1. The van der Waals surface area contributed by atoms with E-state index in [0.29, 0.717) is 6.61 Å². The van der Waals surface area contributed by atoms with E-state index in [0.717, 1.165) is 17.5 Å². The molecular weight excluding hydrogens is 212 g/mol. The Morgan fingerprint density at radius 1 is 1.24 bits per heavy atom. The maximum atomic E-state index is 11.2. The van der Waals surface area contributed by atoms with E-state index in [2.05, 4.69) is 19.1 Å². The second-order valence-corrected chi connectivity index (χ2v) is 3.57. The molecule has 1 aromatic carbocycles. The lowest BCUT2D eigenvalue weighted by molar-refractivity contribution is -0.137. The fourth-order valence-corrected chi connectivity index (χ4v) is 1.37. The summed E-state index contributed by atoms with van der Waals surface area (Å²) in [6, 6.07) is 7.99. The Morgan fingerprint density at radius 3 is 2.59 bits per heavy atom. The van der Waals surface area contributed by atoms with Crippen molar-refractivity contribution >= 4 is 18.1 Å². The summed E-state index contributed by atoms with van der Waals surface area (Å²) >= 11 is 0. The minimum absolute atomic E-state index is 0.304. The van der Waals surface area contributed by atoms with Crippen LogP contribution >= 0.6 is 0 Å². The van der Waals surface area contributed by atoms with E-state index < -0.39 is 0 Å². The average molecular weight is 230 g/mol. The molecule has 0 aliphatic rings. The zero-order valence-electron chi connectivity index (χ0n) is 10.3. The number of esters is 1. The summed E-state index contributed by atoms with van der Waals surface area (Å²) in [6.07, 6.45) is 8.41. The van der Waals surface area contributed by atoms with Crippen molar-refractivity contribution in [3.63, 3.8) is 0 Å². The molecular formula is C15H18O2. The van der Waals surface area contributed by atoms with Crippen molar-refractivity contribution in [3.05, 3.63) is 47.5 Å². The summed E-state index contributed by atoms with van der Waals surface area (Å²) in [5.74, 6) is -0.304. The first kappa shape index (κ1) is 13.2. The maximum absolute atomic E-state index is 11.2. The van der Waals surface area contributed by atoms with E-state index in [1.807, 2.05) is 24.3 Å². The molecule has 0 fully saturated rings. The first-order chi connectivity index (χ1) is 8.26. The van der Waals surface area contributed by atoms with Crippen molar-refractivity contribution < 1.29 is 9.53 Å². The van der Waals surface area contributed by atoms with Crippen LogP contribution in [0.4, 0.5) is 0 Å². The molecule has 0 unspecified atom stereocenters. The molecule has 2 heteroatoms. The van der Waals surface area contributed by atoms with Crippen LogP contribution in [0.5, 0.6) is 0 Å². The molecule has 2 nitrogen and oxygen atoms in total. The van der Waals surface area contributed by atoms with Crippen LogP contribution in [-0.2, 0) is 9.53 Å². The maximum Gasteiger partial charge on any atom is 0.330 e. The van der Waals surface area contributed by atoms with Crippen LogP contribution in [0.15, 0.2) is 36.4 Å². The van der Waals surface area contributed by atoms with Gasteiger partial charge in [0.25, 0.3) is 0 Å². The first-order valence-corrected chi connectivity index (χ1v) is 5.87. The standard InChI is InChI=1S/C15H18O2/c1-3-5-7-13-8-6-9-14(12-13)10-11-15(16)17-4-2/h5-12H,3-4H2,1-2H3. The van der Waals surface area contributed by atoms with E-state index in [1.165, 1.54) is 6.08 Å². The van der Waals surface area contributed by atoms with Gasteiger partial charge in [-0.25, -0.2) is 4.79 Å². The average Bonchev–Trinajstić information content (AvgIpc) is 2.35. The SMILES string of the molecule is CCC=Cc1cccc(C=CC(=O)OCC)c1. The van der Waals surface area contributed by atoms with Crippen LogP contribution in [0.25, 0.3) is 12.2 Å². The minimum Gasteiger partial charge on any atom is -0.463 e. The van der Waals surface area contributed by atoms with Gasteiger partial charge in [0.1, 0.15) is 0 Å². The van der Waals surface area contributed by atoms with Gasteiger partial charge >= 0.3 is 5.97 Å². The summed E-state index contributed by atoms with van der Waals surface area (Å²) in [4.78, 5) is 11.2. The molecule has 0 saturated heterocycles. The van der Waals surface area contributed by atoms with Gasteiger partial charge in [0.2, 0.25) is 0 Å². The number of allylic oxidation sites excluding steroid dienone is 1. The van der Waals surface area contributed by atoms with Crippen LogP contribution in [-0.4, -0.2) is 12.6 Å². The molecule has 0 aliphatic carbocycles. The largest absolute Gasteiger partial charge is 0.463 e. The van der Waals surface area contributed by atoms with Crippen LogP contribution in [0.1, 0.15) is 31.4 Å². The Morgan fingerprint density at radius 2 is 1.94 bits per heavy atom. The van der Waals surface area contributed by atoms with Crippen LogP contribution < -0.4 is 0 Å². The lowest BCUT2D eigenvalue weighted by Crippen LogP contribution is -1.98. The fraction of sp³-hybridized carbons (Fsp3) is 0.267. The van der Waals surface area contributed by atoms with Crippen molar-refractivity contribution in [3.8, 4) is 0 Å². The predicted octanol–water partition coefficient (Wildman–Crippen LogP) is 3.69. The van der Waals surface area contributed by atoms with Crippen molar-refractivity contribution in [1.82, 2.24) is 0 Å². The van der Waals surface area contributed by atoms with E-state index in [9.17, 15) is 4.79 Å². The van der Waals surface area contributed by atoms with E-state index in [4.69, 9.17) is 4.74 Å². The molecule has 0 N–H and O–H groups in total. The topological polar surface area (TPSA) is 26.3 Å². The van der Waals surface area contributed by atoms with E-state index in [1.54, 1.807) is 13.0 Å². The van der Waals surface area contributed by atoms with Gasteiger partial charge in [-0.15, -0.1) is 0 Å². The lowest BCUT2D eigenvalue weighted by atomic mass is 10.1. The van der Waals surface area contributed by atoms with Gasteiger partial charge in [0.15, 0.2) is 0 Å². The molecule has 0 saturated carbocycles. The molecule has 0 atom stereocenters. The molecule has 90 valence electrons. The van der Waals surface area contributed by atoms with Gasteiger partial charge in [-0.05, 0) is 36.6 Å². The van der Waals surface area contributed by atoms with Crippen LogP contribution in [0.3, 0.4) is 0 Å². The highest BCUT2D eigenvalue weighted by atomic mass is 16.5. The lowest BCUT2D eigenvalue weighted by Gasteiger charge is -1.97. The van der Waals surface area contributed by atoms with Crippen LogP contribution in [0, 0.1) is 0 Å². The van der Waals surface area contributed by atoms with Gasteiger partial charge < -0.3 is 4.74 Å². The predicted molar refractivity (Wildman–Crippen MR) is 71.4 cm³/mol. The zero-order valence-corrected chi connectivity index (χ0v) is 10.3. The van der Waals surface area contributed by atoms with Crippen molar-refractivity contribution in [1.29, 1.82) is 0 Å². The first-order valence-electron chi connectivity index (χ1n) is 5.87. The molecule has 0 amide bonds. The van der Waals surface area contributed by atoms with Gasteiger partial charge in [-0.1, -0.05) is 37.3 Å². The van der Waals surface area contributed by atoms with Gasteiger partial charge in [-0.3, -0.25) is 0 Å². The summed E-state index contributed by atoms with van der Waals surface area (Å²) in [5.41, 5.74) is 2.13. The summed E-state index contributed by atoms with van der Waals surface area (Å²) in [6.45, 7) is 4.30. The Bertz CT molecular complexity index is 417.